The predicted molar refractivity (Wildman–Crippen MR) is 137 cm³/mol. The van der Waals surface area contributed by atoms with Crippen LogP contribution in [0, 0.1) is 6.92 Å². The monoisotopic (exact) mass is 528 g/mol. The third-order valence-electron chi connectivity index (χ3n) is 6.20. The van der Waals surface area contributed by atoms with E-state index in [1.54, 1.807) is 0 Å². The zero-order valence-corrected chi connectivity index (χ0v) is 20.6. The molecule has 0 bridgehead atoms. The van der Waals surface area contributed by atoms with Gasteiger partial charge in [0.25, 0.3) is 5.91 Å². The number of aromatic amines is 1. The zero-order valence-electron chi connectivity index (χ0n) is 20.6. The number of carboxylic acids is 1. The van der Waals surface area contributed by atoms with E-state index in [2.05, 4.69) is 51.4 Å². The van der Waals surface area contributed by atoms with E-state index < -0.39 is 12.1 Å². The van der Waals surface area contributed by atoms with Gasteiger partial charge in [0.15, 0.2) is 0 Å². The lowest BCUT2D eigenvalue weighted by molar-refractivity contribution is -0.192. The maximum absolute atomic E-state index is 12.0. The van der Waals surface area contributed by atoms with Gasteiger partial charge in [-0.2, -0.15) is 13.2 Å². The topological polar surface area (TPSA) is 108 Å². The number of hydrogen-bond acceptors (Lipinski definition) is 5. The van der Waals surface area contributed by atoms with Crippen molar-refractivity contribution in [3.63, 3.8) is 0 Å². The average molecular weight is 529 g/mol. The van der Waals surface area contributed by atoms with Crippen LogP contribution in [0.5, 0.6) is 0 Å². The lowest BCUT2D eigenvalue weighted by atomic mass is 10.1. The highest BCUT2D eigenvalue weighted by Crippen LogP contribution is 2.25. The maximum Gasteiger partial charge on any atom is 0.490 e. The molecule has 2 aliphatic rings. The lowest BCUT2D eigenvalue weighted by Crippen LogP contribution is -2.36. The SMILES string of the molecule is Cc1cc(N2CCOCC2)ccc1C=Cc1cc(-c2cc3c([nH]2)CCNC3=O)ccn1.O=C(O)C(F)(F)F. The molecule has 200 valence electrons. The molecule has 0 saturated carbocycles. The van der Waals surface area contributed by atoms with Crippen molar-refractivity contribution in [3.05, 3.63) is 70.7 Å². The second kappa shape index (κ2) is 11.5. The first-order chi connectivity index (χ1) is 18.1. The Morgan fingerprint density at radius 3 is 2.53 bits per heavy atom. The van der Waals surface area contributed by atoms with E-state index in [9.17, 15) is 18.0 Å². The van der Waals surface area contributed by atoms with Crippen LogP contribution in [0.1, 0.15) is 32.9 Å². The summed E-state index contributed by atoms with van der Waals surface area (Å²) >= 11 is 0. The summed E-state index contributed by atoms with van der Waals surface area (Å²) in [6.45, 7) is 6.28. The van der Waals surface area contributed by atoms with Crippen LogP contribution in [0.4, 0.5) is 18.9 Å². The van der Waals surface area contributed by atoms with E-state index in [1.165, 1.54) is 16.8 Å². The fraction of sp³-hybridized carbons (Fsp3) is 0.296. The third kappa shape index (κ3) is 6.60. The highest BCUT2D eigenvalue weighted by Gasteiger charge is 2.38. The van der Waals surface area contributed by atoms with Gasteiger partial charge in [0.1, 0.15) is 0 Å². The van der Waals surface area contributed by atoms with Gasteiger partial charge in [-0.15, -0.1) is 0 Å². The molecule has 5 rings (SSSR count). The van der Waals surface area contributed by atoms with Crippen molar-refractivity contribution in [2.24, 2.45) is 0 Å². The minimum absolute atomic E-state index is 0.00562. The first kappa shape index (κ1) is 26.9. The Labute approximate surface area is 217 Å². The van der Waals surface area contributed by atoms with Crippen molar-refractivity contribution >= 4 is 29.7 Å². The van der Waals surface area contributed by atoms with Crippen molar-refractivity contribution in [2.75, 3.05) is 37.7 Å². The number of anilines is 1. The molecule has 3 N–H and O–H groups in total. The Balaban J connectivity index is 0.000000426. The summed E-state index contributed by atoms with van der Waals surface area (Å²) in [5.74, 6) is -2.76. The number of ether oxygens (including phenoxy) is 1. The maximum atomic E-state index is 12.0. The number of carbonyl (C=O) groups is 2. The molecule has 11 heteroatoms. The standard InChI is InChI=1S/C25H26N4O2.C2HF3O2/c1-17-14-21(29-10-12-31-13-11-29)5-3-18(17)2-4-20-15-19(6-8-26-20)24-16-22-23(28-24)7-9-27-25(22)30;3-2(4,5)1(6)7/h2-6,8,14-16,28H,7,9-13H2,1H3,(H,27,30);(H,6,7). The van der Waals surface area contributed by atoms with Gasteiger partial charge in [0.2, 0.25) is 0 Å². The fourth-order valence-electron chi connectivity index (χ4n) is 4.20. The Morgan fingerprint density at radius 1 is 1.13 bits per heavy atom. The first-order valence-corrected chi connectivity index (χ1v) is 12.0. The van der Waals surface area contributed by atoms with Gasteiger partial charge >= 0.3 is 12.1 Å². The number of amides is 1. The lowest BCUT2D eigenvalue weighted by Gasteiger charge is -2.29. The molecule has 8 nitrogen and oxygen atoms in total. The number of H-pyrrole nitrogens is 1. The number of carboxylic acid groups (broad SMARTS) is 1. The third-order valence-corrected chi connectivity index (χ3v) is 6.20. The van der Waals surface area contributed by atoms with Crippen molar-refractivity contribution in [2.45, 2.75) is 19.5 Å². The van der Waals surface area contributed by atoms with Crippen molar-refractivity contribution in [1.29, 1.82) is 0 Å². The number of aliphatic carboxylic acids is 1. The minimum atomic E-state index is -5.08. The number of halogens is 3. The van der Waals surface area contributed by atoms with E-state index in [1.807, 2.05) is 30.5 Å². The molecule has 1 amide bonds. The molecule has 0 atom stereocenters. The minimum Gasteiger partial charge on any atom is -0.475 e. The van der Waals surface area contributed by atoms with Crippen LogP contribution in [0.3, 0.4) is 0 Å². The van der Waals surface area contributed by atoms with Crippen molar-refractivity contribution < 1.29 is 32.6 Å². The fourth-order valence-corrected chi connectivity index (χ4v) is 4.20. The Kier molecular flexibility index (Phi) is 8.16. The number of hydrogen-bond donors (Lipinski definition) is 3. The molecule has 0 unspecified atom stereocenters. The van der Waals surface area contributed by atoms with Crippen molar-refractivity contribution in [3.8, 4) is 11.3 Å². The predicted octanol–water partition coefficient (Wildman–Crippen LogP) is 4.31. The van der Waals surface area contributed by atoms with Gasteiger partial charge in [-0.1, -0.05) is 12.1 Å². The van der Waals surface area contributed by atoms with Gasteiger partial charge in [-0.25, -0.2) is 4.79 Å². The molecule has 1 saturated heterocycles. The van der Waals surface area contributed by atoms with Gasteiger partial charge in [-0.05, 0) is 54.5 Å². The first-order valence-electron chi connectivity index (χ1n) is 12.0. The molecule has 2 aromatic heterocycles. The van der Waals surface area contributed by atoms with Crippen LogP contribution < -0.4 is 10.2 Å². The molecular weight excluding hydrogens is 501 g/mol. The number of carbonyl (C=O) groups excluding carboxylic acids is 1. The normalized spacial score (nSPS) is 15.5. The number of nitrogens with one attached hydrogen (secondary N) is 2. The molecule has 0 radical (unpaired) electrons. The smallest absolute Gasteiger partial charge is 0.475 e. The number of aromatic nitrogens is 2. The Bertz CT molecular complexity index is 1340. The van der Waals surface area contributed by atoms with E-state index in [4.69, 9.17) is 14.6 Å². The highest BCUT2D eigenvalue weighted by atomic mass is 19.4. The summed E-state index contributed by atoms with van der Waals surface area (Å²) in [6, 6.07) is 12.5. The van der Waals surface area contributed by atoms with Crippen LogP contribution in [-0.4, -0.2) is 66.0 Å². The Hall–Kier alpha value is -4.12. The summed E-state index contributed by atoms with van der Waals surface area (Å²) in [7, 11) is 0. The number of rotatable bonds is 4. The number of aryl methyl sites for hydroxylation is 1. The molecule has 2 aliphatic heterocycles. The summed E-state index contributed by atoms with van der Waals surface area (Å²) in [5, 5.41) is 10.0. The van der Waals surface area contributed by atoms with Gasteiger partial charge in [0, 0.05) is 54.9 Å². The van der Waals surface area contributed by atoms with Crippen LogP contribution in [0.15, 0.2) is 42.6 Å². The molecule has 3 aromatic rings. The van der Waals surface area contributed by atoms with Gasteiger partial charge < -0.3 is 25.0 Å². The van der Waals surface area contributed by atoms with Crippen LogP contribution in [0.25, 0.3) is 23.4 Å². The number of alkyl halides is 3. The van der Waals surface area contributed by atoms with E-state index >= 15 is 0 Å². The molecular formula is C27H27F3N4O4. The van der Waals surface area contributed by atoms with Crippen LogP contribution in [0.2, 0.25) is 0 Å². The molecule has 1 aromatic carbocycles. The van der Waals surface area contributed by atoms with Crippen LogP contribution >= 0.6 is 0 Å². The highest BCUT2D eigenvalue weighted by molar-refractivity contribution is 5.97. The van der Waals surface area contributed by atoms with Crippen LogP contribution in [-0.2, 0) is 16.0 Å². The quantitative estimate of drug-likeness (QED) is 0.466. The second-order valence-corrected chi connectivity index (χ2v) is 8.83. The number of pyridine rings is 1. The molecule has 0 spiro atoms. The van der Waals surface area contributed by atoms with E-state index in [0.29, 0.717) is 6.54 Å². The summed E-state index contributed by atoms with van der Waals surface area (Å²) in [4.78, 5) is 31.2. The number of nitrogens with zero attached hydrogens (tertiary/aromatic N) is 2. The zero-order chi connectivity index (χ0) is 27.3. The average Bonchev–Trinajstić information content (AvgIpc) is 3.34. The van der Waals surface area contributed by atoms with Gasteiger partial charge in [0.05, 0.1) is 24.5 Å². The largest absolute Gasteiger partial charge is 0.490 e. The summed E-state index contributed by atoms with van der Waals surface area (Å²) < 4.78 is 37.2. The number of morpholine rings is 1. The molecule has 4 heterocycles. The second-order valence-electron chi connectivity index (χ2n) is 8.83. The molecule has 38 heavy (non-hydrogen) atoms. The molecule has 1 fully saturated rings. The number of benzene rings is 1. The summed E-state index contributed by atoms with van der Waals surface area (Å²) in [6.07, 6.45) is 1.70. The Morgan fingerprint density at radius 2 is 1.87 bits per heavy atom. The number of fused-ring (bicyclic) bond motifs is 1. The van der Waals surface area contributed by atoms with E-state index in [0.717, 1.165) is 60.9 Å². The van der Waals surface area contributed by atoms with Crippen molar-refractivity contribution in [1.82, 2.24) is 15.3 Å². The summed E-state index contributed by atoms with van der Waals surface area (Å²) in [5.41, 5.74) is 8.26. The van der Waals surface area contributed by atoms with Gasteiger partial charge in [-0.3, -0.25) is 9.78 Å². The molecule has 0 aliphatic carbocycles. The van der Waals surface area contributed by atoms with E-state index in [-0.39, 0.29) is 5.91 Å².